The number of aliphatic hydroxyl groups excluding tert-OH is 1. The highest BCUT2D eigenvalue weighted by atomic mass is 16.3. The van der Waals surface area contributed by atoms with Crippen molar-refractivity contribution in [3.05, 3.63) is 23.8 Å². The van der Waals surface area contributed by atoms with Gasteiger partial charge in [-0.1, -0.05) is 39.0 Å². The second kappa shape index (κ2) is 7.77. The van der Waals surface area contributed by atoms with Crippen molar-refractivity contribution in [1.29, 1.82) is 0 Å². The van der Waals surface area contributed by atoms with Crippen molar-refractivity contribution in [2.24, 2.45) is 40.4 Å². The summed E-state index contributed by atoms with van der Waals surface area (Å²) in [6.07, 6.45) is 14.2. The Labute approximate surface area is 185 Å². The fourth-order valence-electron chi connectivity index (χ4n) is 8.54. The number of fused-ring (bicyclic) bond motifs is 5. The Morgan fingerprint density at radius 1 is 1.20 bits per heavy atom. The summed E-state index contributed by atoms with van der Waals surface area (Å²) >= 11 is 0. The first-order valence-electron chi connectivity index (χ1n) is 12.7. The lowest BCUT2D eigenvalue weighted by atomic mass is 9.47. The molecule has 3 saturated carbocycles. The van der Waals surface area contributed by atoms with Crippen molar-refractivity contribution >= 4 is 0 Å². The van der Waals surface area contributed by atoms with E-state index in [-0.39, 0.29) is 6.10 Å². The van der Waals surface area contributed by atoms with Crippen molar-refractivity contribution in [1.82, 2.24) is 0 Å². The molecular weight excluding hydrogens is 368 g/mol. The Balaban J connectivity index is 1.49. The molecule has 4 rings (SSSR count). The van der Waals surface area contributed by atoms with E-state index in [0.717, 1.165) is 54.9 Å². The van der Waals surface area contributed by atoms with E-state index in [9.17, 15) is 10.2 Å². The molecular formula is C28H46O2. The molecule has 0 aromatic rings. The van der Waals surface area contributed by atoms with Crippen LogP contribution in [0.25, 0.3) is 0 Å². The quantitative estimate of drug-likeness (QED) is 0.493. The predicted octanol–water partition coefficient (Wildman–Crippen LogP) is 6.67. The minimum atomic E-state index is -0.727. The molecule has 0 aromatic heterocycles. The molecule has 3 fully saturated rings. The summed E-state index contributed by atoms with van der Waals surface area (Å²) in [7, 11) is 0. The van der Waals surface area contributed by atoms with Gasteiger partial charge in [0.15, 0.2) is 0 Å². The molecule has 30 heavy (non-hydrogen) atoms. The second-order valence-corrected chi connectivity index (χ2v) is 12.5. The van der Waals surface area contributed by atoms with Crippen LogP contribution in [-0.2, 0) is 0 Å². The van der Waals surface area contributed by atoms with Crippen LogP contribution in [0, 0.1) is 40.4 Å². The summed E-state index contributed by atoms with van der Waals surface area (Å²) in [5.74, 6) is 3.96. The van der Waals surface area contributed by atoms with E-state index in [4.69, 9.17) is 0 Å². The smallest absolute Gasteiger partial charge is 0.0823 e. The molecule has 0 saturated heterocycles. The highest BCUT2D eigenvalue weighted by Gasteiger charge is 2.59. The maximum Gasteiger partial charge on any atom is 0.0823 e. The van der Waals surface area contributed by atoms with Crippen LogP contribution in [0.1, 0.15) is 98.8 Å². The van der Waals surface area contributed by atoms with Gasteiger partial charge in [-0.2, -0.15) is 0 Å². The molecule has 0 radical (unpaired) electrons. The first-order chi connectivity index (χ1) is 14.0. The van der Waals surface area contributed by atoms with Gasteiger partial charge in [0.25, 0.3) is 0 Å². The minimum Gasteiger partial charge on any atom is -0.393 e. The topological polar surface area (TPSA) is 40.5 Å². The molecule has 2 nitrogen and oxygen atoms in total. The summed E-state index contributed by atoms with van der Waals surface area (Å²) in [4.78, 5) is 0. The molecule has 9 atom stereocenters. The summed E-state index contributed by atoms with van der Waals surface area (Å²) < 4.78 is 0. The van der Waals surface area contributed by atoms with Gasteiger partial charge in [-0.05, 0) is 124 Å². The largest absolute Gasteiger partial charge is 0.393 e. The molecule has 4 aliphatic carbocycles. The number of allylic oxidation sites excluding steroid dienone is 1. The highest BCUT2D eigenvalue weighted by molar-refractivity contribution is 5.25. The van der Waals surface area contributed by atoms with E-state index in [1.54, 1.807) is 5.57 Å². The van der Waals surface area contributed by atoms with Crippen LogP contribution in [0.15, 0.2) is 23.8 Å². The third-order valence-electron chi connectivity index (χ3n) is 10.8. The number of hydrogen-bond acceptors (Lipinski definition) is 2. The first-order valence-corrected chi connectivity index (χ1v) is 12.7. The zero-order chi connectivity index (χ0) is 21.9. The van der Waals surface area contributed by atoms with Crippen LogP contribution >= 0.6 is 0 Å². The predicted molar refractivity (Wildman–Crippen MR) is 125 cm³/mol. The lowest BCUT2D eigenvalue weighted by Crippen LogP contribution is -2.50. The average Bonchev–Trinajstić information content (AvgIpc) is 3.04. The van der Waals surface area contributed by atoms with Gasteiger partial charge in [0.1, 0.15) is 0 Å². The molecule has 0 heterocycles. The van der Waals surface area contributed by atoms with Crippen LogP contribution in [0.5, 0.6) is 0 Å². The molecule has 0 unspecified atom stereocenters. The number of rotatable bonds is 5. The van der Waals surface area contributed by atoms with E-state index >= 15 is 0 Å². The fourth-order valence-corrected chi connectivity index (χ4v) is 8.54. The zero-order valence-corrected chi connectivity index (χ0v) is 20.2. The normalized spacial score (nSPS) is 46.1. The standard InChI is InChI=1S/C28H46O2/c1-18(2)28(6,30)16-11-19(3)23-9-10-24-22-8-7-20-17-21(29)12-14-26(20,4)25(22)13-15-27(23,24)5/h7,19,21-25,29-30H,1,8-17H2,2-6H3/t19-,21+,22+,23-,24+,25+,26+,27-,28+/m1/s1. The van der Waals surface area contributed by atoms with Gasteiger partial charge in [-0.3, -0.25) is 0 Å². The van der Waals surface area contributed by atoms with Crippen LogP contribution in [0.2, 0.25) is 0 Å². The van der Waals surface area contributed by atoms with Crippen molar-refractivity contribution in [2.75, 3.05) is 0 Å². The maximum absolute atomic E-state index is 10.7. The van der Waals surface area contributed by atoms with Gasteiger partial charge >= 0.3 is 0 Å². The summed E-state index contributed by atoms with van der Waals surface area (Å²) in [5, 5.41) is 20.9. The summed E-state index contributed by atoms with van der Waals surface area (Å²) in [5.41, 5.74) is 2.55. The molecule has 0 aromatic carbocycles. The monoisotopic (exact) mass is 414 g/mol. The maximum atomic E-state index is 10.7. The molecule has 0 amide bonds. The van der Waals surface area contributed by atoms with E-state index in [0.29, 0.717) is 16.7 Å². The highest BCUT2D eigenvalue weighted by Crippen LogP contribution is 2.67. The van der Waals surface area contributed by atoms with Gasteiger partial charge in [-0.25, -0.2) is 0 Å². The lowest BCUT2D eigenvalue weighted by Gasteiger charge is -2.58. The average molecular weight is 415 g/mol. The summed E-state index contributed by atoms with van der Waals surface area (Å²) in [6.45, 7) is 15.5. The van der Waals surface area contributed by atoms with Gasteiger partial charge in [-0.15, -0.1) is 0 Å². The van der Waals surface area contributed by atoms with Gasteiger partial charge in [0.2, 0.25) is 0 Å². The first kappa shape index (κ1) is 22.6. The Morgan fingerprint density at radius 3 is 2.63 bits per heavy atom. The Morgan fingerprint density at radius 2 is 1.93 bits per heavy atom. The minimum absolute atomic E-state index is 0.108. The van der Waals surface area contributed by atoms with Gasteiger partial charge in [0.05, 0.1) is 11.7 Å². The number of hydrogen-bond donors (Lipinski definition) is 2. The third kappa shape index (κ3) is 3.54. The fraction of sp³-hybridized carbons (Fsp3) is 0.857. The van der Waals surface area contributed by atoms with E-state index in [2.05, 4.69) is 33.4 Å². The molecule has 0 bridgehead atoms. The molecule has 170 valence electrons. The van der Waals surface area contributed by atoms with Crippen LogP contribution in [0.3, 0.4) is 0 Å². The van der Waals surface area contributed by atoms with E-state index in [1.807, 2.05) is 13.8 Å². The van der Waals surface area contributed by atoms with E-state index in [1.165, 1.54) is 38.5 Å². The molecule has 2 N–H and O–H groups in total. The second-order valence-electron chi connectivity index (χ2n) is 12.5. The van der Waals surface area contributed by atoms with Crippen LogP contribution < -0.4 is 0 Å². The van der Waals surface area contributed by atoms with Crippen molar-refractivity contribution in [2.45, 2.75) is 111 Å². The molecule has 0 spiro atoms. The van der Waals surface area contributed by atoms with Crippen LogP contribution in [0.4, 0.5) is 0 Å². The van der Waals surface area contributed by atoms with Crippen molar-refractivity contribution < 1.29 is 10.2 Å². The van der Waals surface area contributed by atoms with Crippen LogP contribution in [-0.4, -0.2) is 21.9 Å². The van der Waals surface area contributed by atoms with E-state index < -0.39 is 5.60 Å². The Bertz CT molecular complexity index is 705. The number of aliphatic hydroxyl groups is 2. The van der Waals surface area contributed by atoms with Crippen molar-refractivity contribution in [3.63, 3.8) is 0 Å². The SMILES string of the molecule is C=C(C)[C@@](C)(O)CC[C@@H](C)[C@H]1CC[C@H]2[C@@H]3CC=C4C[C@@H](O)CC[C@]4(C)[C@H]3CC[C@]12C. The Kier molecular flexibility index (Phi) is 5.85. The van der Waals surface area contributed by atoms with Gasteiger partial charge < -0.3 is 10.2 Å². The third-order valence-corrected chi connectivity index (χ3v) is 10.8. The van der Waals surface area contributed by atoms with Crippen molar-refractivity contribution in [3.8, 4) is 0 Å². The summed E-state index contributed by atoms with van der Waals surface area (Å²) in [6, 6.07) is 0. The molecule has 0 aliphatic heterocycles. The van der Waals surface area contributed by atoms with Gasteiger partial charge in [0, 0.05) is 0 Å². The lowest BCUT2D eigenvalue weighted by molar-refractivity contribution is -0.0582. The Hall–Kier alpha value is -0.600. The molecule has 4 aliphatic rings. The molecule has 2 heteroatoms. The zero-order valence-electron chi connectivity index (χ0n) is 20.2.